The lowest BCUT2D eigenvalue weighted by Crippen LogP contribution is -2.41. The zero-order valence-electron chi connectivity index (χ0n) is 7.85. The van der Waals surface area contributed by atoms with E-state index in [1.165, 1.54) is 18.4 Å². The molecule has 0 bridgehead atoms. The Hall–Kier alpha value is -0.620. The molecule has 0 aliphatic carbocycles. The summed E-state index contributed by atoms with van der Waals surface area (Å²) in [4.78, 5) is 3.99. The number of alkyl halides is 3. The molecule has 0 fully saturated rings. The molecule has 2 nitrogen and oxygen atoms in total. The van der Waals surface area contributed by atoms with E-state index in [4.69, 9.17) is 0 Å². The Morgan fingerprint density at radius 2 is 2.21 bits per heavy atom. The molecule has 0 aromatic carbocycles. The highest BCUT2D eigenvalue weighted by Gasteiger charge is 2.38. The molecule has 6 heteroatoms. The molecule has 1 rings (SSSR count). The summed E-state index contributed by atoms with van der Waals surface area (Å²) in [6, 6.07) is -1.51. The van der Waals surface area contributed by atoms with Gasteiger partial charge in [-0.15, -0.1) is 11.3 Å². The number of hydrogen-bond donors (Lipinski definition) is 1. The van der Waals surface area contributed by atoms with Gasteiger partial charge in [-0.25, -0.2) is 4.98 Å². The number of nitrogens with zero attached hydrogens (tertiary/aromatic N) is 1. The van der Waals surface area contributed by atoms with E-state index >= 15 is 0 Å². The normalized spacial score (nSPS) is 14.4. The van der Waals surface area contributed by atoms with Gasteiger partial charge >= 0.3 is 6.18 Å². The first-order valence-corrected chi connectivity index (χ1v) is 4.96. The standard InChI is InChI=1S/C8H11F3N2S/c1-5-4-14-7(13-5)3-6(12-2)8(9,10)11/h4,6,12H,3H2,1-2H3. The summed E-state index contributed by atoms with van der Waals surface area (Å²) in [7, 11) is 1.30. The molecule has 0 saturated heterocycles. The van der Waals surface area contributed by atoms with Crippen molar-refractivity contribution in [3.63, 3.8) is 0 Å². The van der Waals surface area contributed by atoms with Gasteiger partial charge < -0.3 is 5.32 Å². The summed E-state index contributed by atoms with van der Waals surface area (Å²) in [6.45, 7) is 1.77. The van der Waals surface area contributed by atoms with Crippen molar-refractivity contribution in [2.24, 2.45) is 0 Å². The van der Waals surface area contributed by atoms with Crippen LogP contribution in [0, 0.1) is 6.92 Å². The van der Waals surface area contributed by atoms with Crippen molar-refractivity contribution in [1.29, 1.82) is 0 Å². The topological polar surface area (TPSA) is 24.9 Å². The van der Waals surface area contributed by atoms with Crippen molar-refractivity contribution in [2.75, 3.05) is 7.05 Å². The lowest BCUT2D eigenvalue weighted by atomic mass is 10.2. The van der Waals surface area contributed by atoms with Crippen LogP contribution in [-0.2, 0) is 6.42 Å². The highest BCUT2D eigenvalue weighted by atomic mass is 32.1. The lowest BCUT2D eigenvalue weighted by molar-refractivity contribution is -0.154. The predicted molar refractivity (Wildman–Crippen MR) is 49.5 cm³/mol. The molecule has 1 atom stereocenters. The fraction of sp³-hybridized carbons (Fsp3) is 0.625. The fourth-order valence-corrected chi connectivity index (χ4v) is 1.87. The molecule has 1 unspecified atom stereocenters. The summed E-state index contributed by atoms with van der Waals surface area (Å²) >= 11 is 1.26. The van der Waals surface area contributed by atoms with Crippen molar-refractivity contribution in [3.8, 4) is 0 Å². The van der Waals surface area contributed by atoms with Gasteiger partial charge in [0.1, 0.15) is 6.04 Å². The Balaban J connectivity index is 2.66. The van der Waals surface area contributed by atoms with Crippen molar-refractivity contribution < 1.29 is 13.2 Å². The van der Waals surface area contributed by atoms with E-state index in [1.807, 2.05) is 0 Å². The van der Waals surface area contributed by atoms with Crippen LogP contribution in [0.25, 0.3) is 0 Å². The fourth-order valence-electron chi connectivity index (χ4n) is 1.05. The first-order valence-electron chi connectivity index (χ1n) is 4.08. The predicted octanol–water partition coefficient (Wildman–Crippen LogP) is 2.14. The number of rotatable bonds is 3. The molecule has 80 valence electrons. The van der Waals surface area contributed by atoms with E-state index in [-0.39, 0.29) is 6.42 Å². The maximum Gasteiger partial charge on any atom is 0.404 e. The summed E-state index contributed by atoms with van der Waals surface area (Å²) in [5, 5.41) is 4.50. The minimum absolute atomic E-state index is 0.0987. The second kappa shape index (κ2) is 4.27. The molecule has 1 heterocycles. The van der Waals surface area contributed by atoms with Crippen molar-refractivity contribution >= 4 is 11.3 Å². The van der Waals surface area contributed by atoms with Crippen molar-refractivity contribution in [2.45, 2.75) is 25.6 Å². The quantitative estimate of drug-likeness (QED) is 0.850. The zero-order valence-corrected chi connectivity index (χ0v) is 8.67. The Morgan fingerprint density at radius 1 is 1.57 bits per heavy atom. The van der Waals surface area contributed by atoms with Gasteiger partial charge in [0.25, 0.3) is 0 Å². The summed E-state index contributed by atoms with van der Waals surface area (Å²) in [5.74, 6) is 0. The van der Waals surface area contributed by atoms with Crippen LogP contribution < -0.4 is 5.32 Å². The van der Waals surface area contributed by atoms with Crippen LogP contribution in [0.3, 0.4) is 0 Å². The molecule has 0 radical (unpaired) electrons. The summed E-state index contributed by atoms with van der Waals surface area (Å²) in [5.41, 5.74) is 0.766. The number of likely N-dealkylation sites (N-methyl/N-ethyl adjacent to an activating group) is 1. The largest absolute Gasteiger partial charge is 0.404 e. The van der Waals surface area contributed by atoms with Gasteiger partial charge in [-0.2, -0.15) is 13.2 Å². The maximum atomic E-state index is 12.3. The van der Waals surface area contributed by atoms with Crippen molar-refractivity contribution in [1.82, 2.24) is 10.3 Å². The average molecular weight is 224 g/mol. The highest BCUT2D eigenvalue weighted by Crippen LogP contribution is 2.23. The molecular formula is C8H11F3N2S. The van der Waals surface area contributed by atoms with Gasteiger partial charge in [0.05, 0.1) is 5.01 Å². The van der Waals surface area contributed by atoms with Gasteiger partial charge in [0.15, 0.2) is 0 Å². The van der Waals surface area contributed by atoms with Gasteiger partial charge in [-0.1, -0.05) is 0 Å². The number of aromatic nitrogens is 1. The minimum atomic E-state index is -4.21. The third-order valence-electron chi connectivity index (χ3n) is 1.79. The third-order valence-corrected chi connectivity index (χ3v) is 2.78. The van der Waals surface area contributed by atoms with Gasteiger partial charge in [0, 0.05) is 17.5 Å². The summed E-state index contributed by atoms with van der Waals surface area (Å²) < 4.78 is 37.0. The molecule has 1 N–H and O–H groups in total. The third kappa shape index (κ3) is 2.95. The first-order chi connectivity index (χ1) is 6.43. The molecule has 0 saturated carbocycles. The van der Waals surface area contributed by atoms with E-state index < -0.39 is 12.2 Å². The zero-order chi connectivity index (χ0) is 10.8. The molecule has 0 spiro atoms. The van der Waals surface area contributed by atoms with Gasteiger partial charge in [-0.3, -0.25) is 0 Å². The molecule has 0 amide bonds. The van der Waals surface area contributed by atoms with Crippen molar-refractivity contribution in [3.05, 3.63) is 16.1 Å². The maximum absolute atomic E-state index is 12.3. The molecule has 14 heavy (non-hydrogen) atoms. The van der Waals surface area contributed by atoms with E-state index in [2.05, 4.69) is 10.3 Å². The van der Waals surface area contributed by atoms with Crippen LogP contribution >= 0.6 is 11.3 Å². The lowest BCUT2D eigenvalue weighted by Gasteiger charge is -2.17. The number of nitrogens with one attached hydrogen (secondary N) is 1. The number of thiazole rings is 1. The van der Waals surface area contributed by atoms with Gasteiger partial charge in [-0.05, 0) is 14.0 Å². The molecular weight excluding hydrogens is 213 g/mol. The first kappa shape index (κ1) is 11.5. The average Bonchev–Trinajstić information content (AvgIpc) is 2.45. The van der Waals surface area contributed by atoms with E-state index in [9.17, 15) is 13.2 Å². The second-order valence-corrected chi connectivity index (χ2v) is 3.91. The Labute approximate surface area is 84.2 Å². The van der Waals surface area contributed by atoms with Gasteiger partial charge in [0.2, 0.25) is 0 Å². The number of hydrogen-bond acceptors (Lipinski definition) is 3. The number of aryl methyl sites for hydroxylation is 1. The molecule has 1 aromatic rings. The Morgan fingerprint density at radius 3 is 2.57 bits per heavy atom. The van der Waals surface area contributed by atoms with E-state index in [0.717, 1.165) is 5.69 Å². The smallest absolute Gasteiger partial charge is 0.309 e. The van der Waals surface area contributed by atoms with Crippen LogP contribution in [0.4, 0.5) is 13.2 Å². The molecule has 0 aliphatic heterocycles. The van der Waals surface area contributed by atoms with E-state index in [0.29, 0.717) is 5.01 Å². The van der Waals surface area contributed by atoms with Crippen LogP contribution in [-0.4, -0.2) is 24.2 Å². The Kier molecular flexibility index (Phi) is 3.49. The van der Waals surface area contributed by atoms with Crippen LogP contribution in [0.5, 0.6) is 0 Å². The van der Waals surface area contributed by atoms with Crippen LogP contribution in [0.1, 0.15) is 10.7 Å². The second-order valence-electron chi connectivity index (χ2n) is 2.97. The SMILES string of the molecule is CNC(Cc1nc(C)cs1)C(F)(F)F. The number of halogens is 3. The van der Waals surface area contributed by atoms with Crippen LogP contribution in [0.15, 0.2) is 5.38 Å². The van der Waals surface area contributed by atoms with E-state index in [1.54, 1.807) is 12.3 Å². The van der Waals surface area contributed by atoms with Crippen LogP contribution in [0.2, 0.25) is 0 Å². The monoisotopic (exact) mass is 224 g/mol. The molecule has 1 aromatic heterocycles. The highest BCUT2D eigenvalue weighted by molar-refractivity contribution is 7.09. The Bertz CT molecular complexity index is 295. The summed E-state index contributed by atoms with van der Waals surface area (Å²) in [6.07, 6.45) is -4.31. The molecule has 0 aliphatic rings. The minimum Gasteiger partial charge on any atom is -0.309 e.